The lowest BCUT2D eigenvalue weighted by Gasteiger charge is -2.07. The second kappa shape index (κ2) is 4.04. The predicted molar refractivity (Wildman–Crippen MR) is 91.0 cm³/mol. The van der Waals surface area contributed by atoms with E-state index in [1.807, 2.05) is 24.5 Å². The molecule has 3 nitrogen and oxygen atoms in total. The molecule has 0 radical (unpaired) electrons. The summed E-state index contributed by atoms with van der Waals surface area (Å²) in [5, 5.41) is 7.28. The molecule has 5 rings (SSSR count). The van der Waals surface area contributed by atoms with Crippen LogP contribution in [0.2, 0.25) is 0 Å². The first kappa shape index (κ1) is 11.7. The van der Waals surface area contributed by atoms with E-state index in [1.165, 1.54) is 32.3 Å². The number of aromatic nitrogens is 3. The monoisotopic (exact) mass is 283 g/mol. The van der Waals surface area contributed by atoms with Crippen LogP contribution >= 0.6 is 0 Å². The maximum Gasteiger partial charge on any atom is 0.0802 e. The molecule has 104 valence electrons. The highest BCUT2D eigenvalue weighted by Crippen LogP contribution is 2.36. The Morgan fingerprint density at radius 2 is 1.55 bits per heavy atom. The van der Waals surface area contributed by atoms with Gasteiger partial charge in [-0.05, 0) is 35.0 Å². The van der Waals surface area contributed by atoms with E-state index in [1.54, 1.807) is 0 Å². The first-order valence-corrected chi connectivity index (χ1v) is 7.32. The van der Waals surface area contributed by atoms with Crippen LogP contribution in [0.4, 0.5) is 0 Å². The number of rotatable bonds is 0. The topological polar surface area (TPSA) is 30.7 Å². The van der Waals surface area contributed by atoms with Crippen LogP contribution in [-0.2, 0) is 7.05 Å². The summed E-state index contributed by atoms with van der Waals surface area (Å²) in [6.45, 7) is 0. The largest absolute Gasteiger partial charge is 0.356 e. The quantitative estimate of drug-likeness (QED) is 0.311. The van der Waals surface area contributed by atoms with Gasteiger partial charge < -0.3 is 4.57 Å². The molecule has 3 heterocycles. The van der Waals surface area contributed by atoms with E-state index in [0.29, 0.717) is 0 Å². The summed E-state index contributed by atoms with van der Waals surface area (Å²) in [6.07, 6.45) is 8.03. The van der Waals surface area contributed by atoms with Crippen molar-refractivity contribution in [2.75, 3.05) is 0 Å². The molecule has 0 aliphatic rings. The van der Waals surface area contributed by atoms with Crippen LogP contribution in [0.5, 0.6) is 0 Å². The van der Waals surface area contributed by atoms with E-state index in [-0.39, 0.29) is 0 Å². The highest BCUT2D eigenvalue weighted by Gasteiger charge is 2.11. The number of benzene rings is 2. The Morgan fingerprint density at radius 3 is 2.50 bits per heavy atom. The maximum atomic E-state index is 4.62. The molecule has 0 saturated heterocycles. The molecule has 0 atom stereocenters. The van der Waals surface area contributed by atoms with Gasteiger partial charge >= 0.3 is 0 Å². The van der Waals surface area contributed by atoms with Gasteiger partial charge in [-0.2, -0.15) is 0 Å². The van der Waals surface area contributed by atoms with E-state index in [9.17, 15) is 0 Å². The van der Waals surface area contributed by atoms with Crippen LogP contribution in [0.1, 0.15) is 0 Å². The van der Waals surface area contributed by atoms with Gasteiger partial charge in [0.25, 0.3) is 0 Å². The molecule has 0 N–H and O–H groups in total. The molecular weight excluding hydrogens is 270 g/mol. The van der Waals surface area contributed by atoms with E-state index in [0.717, 1.165) is 11.0 Å². The third kappa shape index (κ3) is 1.45. The number of pyridine rings is 2. The molecule has 0 spiro atoms. The summed E-state index contributed by atoms with van der Waals surface area (Å²) in [4.78, 5) is 9.12. The molecular formula is C19H13N3. The van der Waals surface area contributed by atoms with Crippen LogP contribution in [-0.4, -0.2) is 14.5 Å². The minimum atomic E-state index is 1.02. The number of hydrogen-bond acceptors (Lipinski definition) is 2. The van der Waals surface area contributed by atoms with Crippen molar-refractivity contribution in [3.8, 4) is 0 Å². The van der Waals surface area contributed by atoms with Crippen molar-refractivity contribution in [1.29, 1.82) is 0 Å². The first-order chi connectivity index (χ1) is 10.8. The van der Waals surface area contributed by atoms with Crippen LogP contribution in [0.15, 0.2) is 61.2 Å². The Morgan fingerprint density at radius 1 is 0.773 bits per heavy atom. The summed E-state index contributed by atoms with van der Waals surface area (Å²) >= 11 is 0. The van der Waals surface area contributed by atoms with Gasteiger partial charge in [-0.1, -0.05) is 12.1 Å². The number of hydrogen-bond donors (Lipinski definition) is 0. The highest BCUT2D eigenvalue weighted by atomic mass is 14.9. The van der Waals surface area contributed by atoms with E-state index >= 15 is 0 Å². The second-order valence-corrected chi connectivity index (χ2v) is 5.74. The molecule has 0 saturated carbocycles. The number of aryl methyl sites for hydroxylation is 1. The molecule has 3 heteroatoms. The number of fused-ring (bicyclic) bond motifs is 7. The van der Waals surface area contributed by atoms with Gasteiger partial charge in [0.1, 0.15) is 0 Å². The molecule has 2 aromatic carbocycles. The third-order valence-corrected chi connectivity index (χ3v) is 4.34. The maximum absolute atomic E-state index is 4.62. The van der Waals surface area contributed by atoms with Crippen molar-refractivity contribution in [2.24, 2.45) is 7.05 Å². The van der Waals surface area contributed by atoms with Gasteiger partial charge in [-0.15, -0.1) is 0 Å². The normalized spacial score (nSPS) is 11.9. The fraction of sp³-hybridized carbons (Fsp3) is 0.0526. The Hall–Kier alpha value is -2.94. The van der Waals surface area contributed by atoms with Crippen molar-refractivity contribution in [3.63, 3.8) is 0 Å². The summed E-state index contributed by atoms with van der Waals surface area (Å²) in [7, 11) is 2.06. The molecule has 0 aliphatic heterocycles. The van der Waals surface area contributed by atoms with Gasteiger partial charge in [-0.3, -0.25) is 9.97 Å². The zero-order valence-corrected chi connectivity index (χ0v) is 12.1. The van der Waals surface area contributed by atoms with Crippen molar-refractivity contribution in [3.05, 3.63) is 61.2 Å². The van der Waals surface area contributed by atoms with Crippen molar-refractivity contribution < 1.29 is 0 Å². The first-order valence-electron chi connectivity index (χ1n) is 7.32. The third-order valence-electron chi connectivity index (χ3n) is 4.34. The molecule has 5 aromatic rings. The second-order valence-electron chi connectivity index (χ2n) is 5.74. The zero-order chi connectivity index (χ0) is 14.7. The standard InChI is InChI=1S/C19H13N3/c1-22-10-16-14-8-12-4-2-6-20-18(12)9-15(14)13-5-3-7-21-19(13)17(16)11-22/h2-11H,1H3. The molecule has 3 aromatic heterocycles. The smallest absolute Gasteiger partial charge is 0.0802 e. The van der Waals surface area contributed by atoms with Crippen LogP contribution in [0.25, 0.3) is 43.4 Å². The molecule has 0 fully saturated rings. The van der Waals surface area contributed by atoms with Gasteiger partial charge in [0.2, 0.25) is 0 Å². The number of nitrogens with zero attached hydrogens (tertiary/aromatic N) is 3. The SMILES string of the molecule is Cn1cc2c3cc4cccnc4cc3c3cccnc3c2c1. The van der Waals surface area contributed by atoms with Gasteiger partial charge in [0.05, 0.1) is 11.0 Å². The highest BCUT2D eigenvalue weighted by molar-refractivity contribution is 6.26. The molecule has 0 bridgehead atoms. The van der Waals surface area contributed by atoms with Gasteiger partial charge in [0, 0.05) is 53.4 Å². The van der Waals surface area contributed by atoms with Crippen LogP contribution < -0.4 is 0 Å². The molecule has 0 amide bonds. The van der Waals surface area contributed by atoms with E-state index in [4.69, 9.17) is 0 Å². The molecule has 0 unspecified atom stereocenters. The summed E-state index contributed by atoms with van der Waals surface area (Å²) in [5.41, 5.74) is 2.08. The van der Waals surface area contributed by atoms with Crippen LogP contribution in [0, 0.1) is 0 Å². The Balaban J connectivity index is 2.17. The van der Waals surface area contributed by atoms with Gasteiger partial charge in [0.15, 0.2) is 0 Å². The lowest BCUT2D eigenvalue weighted by Crippen LogP contribution is -1.85. The van der Waals surface area contributed by atoms with E-state index < -0.39 is 0 Å². The average Bonchev–Trinajstić information content (AvgIpc) is 2.95. The summed E-state index contributed by atoms with van der Waals surface area (Å²) < 4.78 is 2.10. The zero-order valence-electron chi connectivity index (χ0n) is 12.1. The van der Waals surface area contributed by atoms with Gasteiger partial charge in [-0.25, -0.2) is 0 Å². The summed E-state index contributed by atoms with van der Waals surface area (Å²) in [6, 6.07) is 12.7. The average molecular weight is 283 g/mol. The van der Waals surface area contributed by atoms with E-state index in [2.05, 4.69) is 58.2 Å². The van der Waals surface area contributed by atoms with Crippen molar-refractivity contribution >= 4 is 43.4 Å². The lowest BCUT2D eigenvalue weighted by atomic mass is 9.98. The fourth-order valence-electron chi connectivity index (χ4n) is 3.39. The molecule has 22 heavy (non-hydrogen) atoms. The fourth-order valence-corrected chi connectivity index (χ4v) is 3.39. The lowest BCUT2D eigenvalue weighted by molar-refractivity contribution is 0.934. The van der Waals surface area contributed by atoms with Crippen LogP contribution in [0.3, 0.4) is 0 Å². The Bertz CT molecular complexity index is 1190. The van der Waals surface area contributed by atoms with Crippen molar-refractivity contribution in [2.45, 2.75) is 0 Å². The minimum absolute atomic E-state index is 1.02. The Labute approximate surface area is 126 Å². The minimum Gasteiger partial charge on any atom is -0.356 e. The summed E-state index contributed by atoms with van der Waals surface area (Å²) in [5.74, 6) is 0. The predicted octanol–water partition coefficient (Wildman–Crippen LogP) is 4.43. The molecule has 0 aliphatic carbocycles. The van der Waals surface area contributed by atoms with Crippen molar-refractivity contribution in [1.82, 2.24) is 14.5 Å². The Kier molecular flexibility index (Phi) is 2.15.